The summed E-state index contributed by atoms with van der Waals surface area (Å²) < 4.78 is 11.5. The van der Waals surface area contributed by atoms with E-state index in [9.17, 15) is 9.59 Å². The third kappa shape index (κ3) is 18.2. The number of rotatable bonds is 27. The van der Waals surface area contributed by atoms with Crippen LogP contribution in [0, 0.1) is 23.7 Å². The molecule has 0 spiro atoms. The van der Waals surface area contributed by atoms with Crippen molar-refractivity contribution in [3.63, 3.8) is 0 Å². The van der Waals surface area contributed by atoms with Gasteiger partial charge >= 0.3 is 11.9 Å². The summed E-state index contributed by atoms with van der Waals surface area (Å²) in [7, 11) is 4.02. The quantitative estimate of drug-likeness (QED) is 0.0317. The molecule has 1 fully saturated rings. The summed E-state index contributed by atoms with van der Waals surface area (Å²) in [4.78, 5) is 32.2. The third-order valence-electron chi connectivity index (χ3n) is 11.6. The molecule has 2 aromatic carbocycles. The van der Waals surface area contributed by atoms with Crippen LogP contribution in [-0.4, -0.2) is 42.8 Å². The van der Waals surface area contributed by atoms with Crippen molar-refractivity contribution in [1.82, 2.24) is 4.90 Å². The van der Waals surface area contributed by atoms with E-state index < -0.39 is 17.7 Å². The first-order valence-electron chi connectivity index (χ1n) is 23.2. The van der Waals surface area contributed by atoms with Crippen molar-refractivity contribution in [3.05, 3.63) is 82.7 Å². The molecule has 0 aliphatic carbocycles. The number of benzene rings is 2. The van der Waals surface area contributed by atoms with Gasteiger partial charge in [-0.15, -0.1) is 0 Å². The van der Waals surface area contributed by atoms with Gasteiger partial charge in [-0.3, -0.25) is 0 Å². The highest BCUT2D eigenvalue weighted by molar-refractivity contribution is 6.16. The molecule has 3 rings (SSSR count). The van der Waals surface area contributed by atoms with E-state index in [1.807, 2.05) is 43.3 Å². The summed E-state index contributed by atoms with van der Waals surface area (Å²) in [6.07, 6.45) is 20.1. The first-order chi connectivity index (χ1) is 28.0. The summed E-state index contributed by atoms with van der Waals surface area (Å²) in [5.74, 6) is 0.578. The monoisotopic (exact) mass is 814 g/mol. The summed E-state index contributed by atoms with van der Waals surface area (Å²) in [6, 6.07) is 16.8. The zero-order valence-corrected chi connectivity index (χ0v) is 39.4. The number of hydrogen-bond donors (Lipinski definition) is 1. The van der Waals surface area contributed by atoms with Crippen molar-refractivity contribution < 1.29 is 19.1 Å². The first kappa shape index (κ1) is 49.6. The summed E-state index contributed by atoms with van der Waals surface area (Å²) in [5, 5.41) is 3.57. The number of unbranched alkanes of at least 4 members (excludes halogenated alkanes) is 3. The van der Waals surface area contributed by atoms with Gasteiger partial charge in [-0.1, -0.05) is 155 Å². The van der Waals surface area contributed by atoms with E-state index in [2.05, 4.69) is 95.9 Å². The second kappa shape index (κ2) is 25.1. The Kier molecular flexibility index (Phi) is 21.1. The maximum absolute atomic E-state index is 14.0. The van der Waals surface area contributed by atoms with Crippen LogP contribution < -0.4 is 10.2 Å². The van der Waals surface area contributed by atoms with Crippen molar-refractivity contribution in [2.45, 2.75) is 184 Å². The lowest BCUT2D eigenvalue weighted by molar-refractivity contribution is -0.222. The highest BCUT2D eigenvalue weighted by Crippen LogP contribution is 2.32. The Morgan fingerprint density at radius 2 is 1.25 bits per heavy atom. The number of ether oxygens (including phenoxy) is 2. The van der Waals surface area contributed by atoms with Crippen LogP contribution in [0.5, 0.6) is 0 Å². The number of nitrogens with zero attached hydrogens (tertiary/aromatic N) is 2. The molecule has 330 valence electrons. The fourth-order valence-electron chi connectivity index (χ4n) is 8.14. The molecule has 0 amide bonds. The maximum atomic E-state index is 14.0. The Labute approximate surface area is 360 Å². The van der Waals surface area contributed by atoms with Crippen molar-refractivity contribution in [2.75, 3.05) is 24.3 Å². The molecule has 59 heavy (non-hydrogen) atoms. The highest BCUT2D eigenvalue weighted by Gasteiger charge is 2.43. The normalized spacial score (nSPS) is 15.8. The van der Waals surface area contributed by atoms with Gasteiger partial charge in [-0.05, 0) is 91.7 Å². The second-order valence-electron chi connectivity index (χ2n) is 19.3. The third-order valence-corrected chi connectivity index (χ3v) is 11.6. The molecule has 1 aliphatic rings. The lowest BCUT2D eigenvalue weighted by atomic mass is 9.91. The van der Waals surface area contributed by atoms with E-state index in [-0.39, 0.29) is 11.6 Å². The number of hydrogen-bond acceptors (Lipinski definition) is 7. The van der Waals surface area contributed by atoms with Crippen LogP contribution in [-0.2, 0) is 32.0 Å². The molecule has 0 bridgehead atoms. The Morgan fingerprint density at radius 3 is 1.80 bits per heavy atom. The van der Waals surface area contributed by atoms with Gasteiger partial charge in [0.2, 0.25) is 0 Å². The summed E-state index contributed by atoms with van der Waals surface area (Å²) in [6.45, 7) is 22.2. The lowest BCUT2D eigenvalue weighted by Crippen LogP contribution is -2.46. The largest absolute Gasteiger partial charge is 0.419 e. The molecule has 3 unspecified atom stereocenters. The van der Waals surface area contributed by atoms with Gasteiger partial charge < -0.3 is 24.6 Å². The average Bonchev–Trinajstić information content (AvgIpc) is 3.14. The van der Waals surface area contributed by atoms with Crippen molar-refractivity contribution in [1.29, 1.82) is 0 Å². The Bertz CT molecular complexity index is 1580. The minimum atomic E-state index is -1.36. The number of esters is 2. The highest BCUT2D eigenvalue weighted by atomic mass is 16.7. The molecule has 2 aromatic rings. The maximum Gasteiger partial charge on any atom is 0.352 e. The molecule has 1 aliphatic heterocycles. The number of nitrogens with one attached hydrogen (secondary N) is 1. The van der Waals surface area contributed by atoms with Crippen LogP contribution >= 0.6 is 0 Å². The topological polar surface area (TPSA) is 71.1 Å². The van der Waals surface area contributed by atoms with Gasteiger partial charge in [0.1, 0.15) is 5.82 Å². The van der Waals surface area contributed by atoms with E-state index in [0.29, 0.717) is 24.2 Å². The standard InChI is InChI=1S/C52H83N3O4/c1-13-14-15-16-26-47(36-42(8)25-19-24-41(7)23-18-22-40(6)21-17-20-38(2)3)55(37-44-29-27-43(28-30-44)35-39(4)5)49(48-50(56)58-52(9,10)59-51(48)57)53-45-31-33-46(34-32-45)54(11)12/h27-34,36,38-41,47,53H,13-26,35,37H2,1-12H3. The van der Waals surface area contributed by atoms with Gasteiger partial charge in [0, 0.05) is 51.9 Å². The molecule has 1 saturated heterocycles. The molecule has 1 N–H and O–H groups in total. The number of cyclic esters (lactones) is 2. The molecule has 0 aromatic heterocycles. The van der Waals surface area contributed by atoms with E-state index in [0.717, 1.165) is 73.7 Å². The molecule has 0 radical (unpaired) electrons. The second-order valence-corrected chi connectivity index (χ2v) is 19.3. The van der Waals surface area contributed by atoms with Crippen molar-refractivity contribution in [2.24, 2.45) is 23.7 Å². The number of carbonyl (C=O) groups is 2. The van der Waals surface area contributed by atoms with Crippen molar-refractivity contribution in [3.8, 4) is 0 Å². The fourth-order valence-corrected chi connectivity index (χ4v) is 8.14. The van der Waals surface area contributed by atoms with Gasteiger partial charge in [0.15, 0.2) is 5.57 Å². The Morgan fingerprint density at radius 1 is 0.695 bits per heavy atom. The van der Waals surface area contributed by atoms with Gasteiger partial charge in [-0.25, -0.2) is 9.59 Å². The van der Waals surface area contributed by atoms with E-state index in [4.69, 9.17) is 9.47 Å². The van der Waals surface area contributed by atoms with Crippen LogP contribution in [0.25, 0.3) is 0 Å². The SMILES string of the molecule is CCCCCCC(C=C(C)CCCC(C)CCCC(C)CCCC(C)C)N(Cc1ccc(CC(C)C)cc1)C(Nc1ccc(N(C)C)cc1)=C1C(=O)OC(C)(C)OC1=O. The van der Waals surface area contributed by atoms with E-state index in [1.54, 1.807) is 13.8 Å². The molecular weight excluding hydrogens is 731 g/mol. The smallest absolute Gasteiger partial charge is 0.352 e. The minimum Gasteiger partial charge on any atom is -0.419 e. The predicted molar refractivity (Wildman–Crippen MR) is 249 cm³/mol. The fraction of sp³-hybridized carbons (Fsp3) is 0.654. The molecule has 3 atom stereocenters. The molecule has 1 heterocycles. The zero-order chi connectivity index (χ0) is 43.5. The Hall–Kier alpha value is -3.74. The molecule has 0 saturated carbocycles. The van der Waals surface area contributed by atoms with Crippen LogP contribution in [0.4, 0.5) is 11.4 Å². The van der Waals surface area contributed by atoms with Gasteiger partial charge in [-0.2, -0.15) is 0 Å². The van der Waals surface area contributed by atoms with Crippen LogP contribution in [0.15, 0.2) is 71.6 Å². The number of anilines is 2. The van der Waals surface area contributed by atoms with Crippen LogP contribution in [0.2, 0.25) is 0 Å². The Balaban J connectivity index is 2.00. The van der Waals surface area contributed by atoms with E-state index >= 15 is 0 Å². The minimum absolute atomic E-state index is 0.0941. The van der Waals surface area contributed by atoms with E-state index in [1.165, 1.54) is 62.5 Å². The predicted octanol–water partition coefficient (Wildman–Crippen LogP) is 13.6. The summed E-state index contributed by atoms with van der Waals surface area (Å²) in [5.41, 5.74) is 5.45. The van der Waals surface area contributed by atoms with Crippen LogP contribution in [0.1, 0.15) is 170 Å². The molecule has 7 heteroatoms. The number of allylic oxidation sites excluding steroid dienone is 1. The average molecular weight is 814 g/mol. The van der Waals surface area contributed by atoms with Crippen molar-refractivity contribution >= 4 is 23.3 Å². The summed E-state index contributed by atoms with van der Waals surface area (Å²) >= 11 is 0. The number of carbonyl (C=O) groups excluding carboxylic acids is 2. The zero-order valence-electron chi connectivity index (χ0n) is 39.4. The molecular formula is C52H83N3O4. The first-order valence-corrected chi connectivity index (χ1v) is 23.2. The van der Waals surface area contributed by atoms with Gasteiger partial charge in [0.25, 0.3) is 5.79 Å². The van der Waals surface area contributed by atoms with Gasteiger partial charge in [0.05, 0.1) is 0 Å². The van der Waals surface area contributed by atoms with Crippen LogP contribution in [0.3, 0.4) is 0 Å². The lowest BCUT2D eigenvalue weighted by Gasteiger charge is -2.38. The molecule has 7 nitrogen and oxygen atoms in total.